The van der Waals surface area contributed by atoms with Crippen molar-refractivity contribution in [2.24, 2.45) is 0 Å². The molecular formula is C8H18ClN3O2S. The van der Waals surface area contributed by atoms with Crippen LogP contribution in [0.2, 0.25) is 0 Å². The molecular weight excluding hydrogens is 238 g/mol. The summed E-state index contributed by atoms with van der Waals surface area (Å²) in [6.45, 7) is 3.53. The number of amides is 1. The summed E-state index contributed by atoms with van der Waals surface area (Å²) in [5.41, 5.74) is 3.48. The van der Waals surface area contributed by atoms with E-state index in [0.29, 0.717) is 24.8 Å². The van der Waals surface area contributed by atoms with Gasteiger partial charge in [-0.25, -0.2) is 4.79 Å². The van der Waals surface area contributed by atoms with E-state index in [0.717, 1.165) is 12.8 Å². The van der Waals surface area contributed by atoms with Crippen molar-refractivity contribution >= 4 is 23.4 Å². The van der Waals surface area contributed by atoms with Gasteiger partial charge in [0, 0.05) is 18.8 Å². The molecule has 5 N–H and O–H groups in total. The maximum Gasteiger partial charge on any atom is 0.407 e. The van der Waals surface area contributed by atoms with Gasteiger partial charge in [0.25, 0.3) is 5.11 Å². The first-order valence-electron chi connectivity index (χ1n) is 4.67. The summed E-state index contributed by atoms with van der Waals surface area (Å²) < 4.78 is 4.84. The van der Waals surface area contributed by atoms with Crippen molar-refractivity contribution in [2.75, 3.05) is 19.7 Å². The maximum absolute atomic E-state index is 11.0. The number of carbonyl (C=O) groups is 1. The molecule has 0 aromatic rings. The van der Waals surface area contributed by atoms with Crippen LogP contribution in [0.1, 0.15) is 19.8 Å². The largest absolute Gasteiger partial charge is 1.00 e. The third kappa shape index (κ3) is 13.4. The van der Waals surface area contributed by atoms with Crippen LogP contribution in [0.25, 0.3) is 0 Å². The van der Waals surface area contributed by atoms with Gasteiger partial charge < -0.3 is 33.5 Å². The van der Waals surface area contributed by atoms with Crippen LogP contribution in [-0.2, 0) is 4.74 Å². The predicted molar refractivity (Wildman–Crippen MR) is 57.7 cm³/mol. The second-order valence-electron chi connectivity index (χ2n) is 2.77. The number of alkyl carbamates (subject to hydrolysis) is 1. The van der Waals surface area contributed by atoms with Crippen molar-refractivity contribution in [2.45, 2.75) is 19.8 Å². The number of hydrogen-bond acceptors (Lipinski definition) is 3. The van der Waals surface area contributed by atoms with Gasteiger partial charge in [0.1, 0.15) is 6.61 Å². The van der Waals surface area contributed by atoms with Crippen LogP contribution < -0.4 is 28.8 Å². The Morgan fingerprint density at radius 2 is 2.07 bits per heavy atom. The minimum Gasteiger partial charge on any atom is -1.00 e. The summed E-state index contributed by atoms with van der Waals surface area (Å²) in [5, 5.41) is 5.88. The van der Waals surface area contributed by atoms with Crippen molar-refractivity contribution in [1.29, 1.82) is 0 Å². The first-order valence-corrected chi connectivity index (χ1v) is 5.08. The van der Waals surface area contributed by atoms with Gasteiger partial charge in [-0.3, -0.25) is 0 Å². The van der Waals surface area contributed by atoms with Gasteiger partial charge in [-0.1, -0.05) is 13.3 Å². The second-order valence-corrected chi connectivity index (χ2v) is 3.26. The van der Waals surface area contributed by atoms with Gasteiger partial charge >= 0.3 is 6.09 Å². The van der Waals surface area contributed by atoms with E-state index in [1.807, 2.05) is 0 Å². The molecule has 0 rings (SSSR count). The van der Waals surface area contributed by atoms with Crippen LogP contribution >= 0.6 is 12.2 Å². The first kappa shape index (κ1) is 16.8. The van der Waals surface area contributed by atoms with Crippen LogP contribution in [0.3, 0.4) is 0 Å². The zero-order chi connectivity index (χ0) is 10.8. The van der Waals surface area contributed by atoms with Crippen LogP contribution in [0.5, 0.6) is 0 Å². The van der Waals surface area contributed by atoms with E-state index in [9.17, 15) is 4.79 Å². The monoisotopic (exact) mass is 255 g/mol. The molecule has 0 heterocycles. The van der Waals surface area contributed by atoms with Crippen LogP contribution in [0.15, 0.2) is 0 Å². The van der Waals surface area contributed by atoms with Gasteiger partial charge in [-0.2, -0.15) is 0 Å². The number of halogens is 1. The second kappa shape index (κ2) is 11.5. The molecule has 0 unspecified atom stereocenters. The molecule has 0 radical (unpaired) electrons. The smallest absolute Gasteiger partial charge is 0.407 e. The Balaban J connectivity index is 0. The SMILES string of the molecule is CCCCNC(=O)OCCNC([NH3+])=S.[Cl-]. The summed E-state index contributed by atoms with van der Waals surface area (Å²) in [4.78, 5) is 11.0. The number of ether oxygens (including phenoxy) is 1. The Morgan fingerprint density at radius 3 is 2.60 bits per heavy atom. The van der Waals surface area contributed by atoms with Crippen LogP contribution in [0.4, 0.5) is 4.79 Å². The molecule has 0 saturated carbocycles. The summed E-state index contributed by atoms with van der Waals surface area (Å²) in [6.07, 6.45) is 1.64. The highest BCUT2D eigenvalue weighted by atomic mass is 35.5. The Labute approximate surface area is 102 Å². The molecule has 0 spiro atoms. The van der Waals surface area contributed by atoms with Crippen molar-refractivity contribution < 1.29 is 27.7 Å². The summed E-state index contributed by atoms with van der Waals surface area (Å²) in [5.74, 6) is 0. The highest BCUT2D eigenvalue weighted by Gasteiger charge is 1.99. The van der Waals surface area contributed by atoms with Gasteiger partial charge in [0.15, 0.2) is 0 Å². The molecule has 15 heavy (non-hydrogen) atoms. The first-order chi connectivity index (χ1) is 6.66. The van der Waals surface area contributed by atoms with Crippen molar-refractivity contribution in [3.8, 4) is 0 Å². The lowest BCUT2D eigenvalue weighted by Crippen LogP contribution is -3.00. The highest BCUT2D eigenvalue weighted by Crippen LogP contribution is 1.83. The van der Waals surface area contributed by atoms with E-state index in [-0.39, 0.29) is 18.5 Å². The topological polar surface area (TPSA) is 78.0 Å². The van der Waals surface area contributed by atoms with Gasteiger partial charge in [0.2, 0.25) is 0 Å². The van der Waals surface area contributed by atoms with Crippen LogP contribution in [0, 0.1) is 0 Å². The van der Waals surface area contributed by atoms with E-state index in [1.165, 1.54) is 0 Å². The molecule has 0 atom stereocenters. The molecule has 0 saturated heterocycles. The zero-order valence-electron chi connectivity index (χ0n) is 8.85. The zero-order valence-corrected chi connectivity index (χ0v) is 10.4. The Kier molecular flexibility index (Phi) is 12.9. The normalized spacial score (nSPS) is 8.67. The molecule has 90 valence electrons. The van der Waals surface area contributed by atoms with Gasteiger partial charge in [0.05, 0.1) is 6.54 Å². The minimum absolute atomic E-state index is 0. The molecule has 0 bridgehead atoms. The van der Waals surface area contributed by atoms with E-state index in [1.54, 1.807) is 0 Å². The lowest BCUT2D eigenvalue weighted by atomic mass is 10.3. The van der Waals surface area contributed by atoms with Crippen LogP contribution in [-0.4, -0.2) is 30.9 Å². The van der Waals surface area contributed by atoms with Crippen molar-refractivity contribution in [3.05, 3.63) is 0 Å². The van der Waals surface area contributed by atoms with E-state index >= 15 is 0 Å². The fraction of sp³-hybridized carbons (Fsp3) is 0.750. The van der Waals surface area contributed by atoms with E-state index < -0.39 is 0 Å². The number of hydrogen-bond donors (Lipinski definition) is 3. The lowest BCUT2D eigenvalue weighted by molar-refractivity contribution is -0.215. The standard InChI is InChI=1S/C8H17N3O2S.ClH/c1-2-3-4-11-8(12)13-6-5-10-7(9)14;/h2-6H2,1H3,(H,11,12)(H3,9,10,14);1H. The molecule has 1 amide bonds. The average molecular weight is 256 g/mol. The number of rotatable bonds is 6. The fourth-order valence-corrected chi connectivity index (χ4v) is 0.854. The van der Waals surface area contributed by atoms with Gasteiger partial charge in [-0.05, 0) is 6.42 Å². The summed E-state index contributed by atoms with van der Waals surface area (Å²) in [6, 6.07) is 0. The van der Waals surface area contributed by atoms with Crippen molar-refractivity contribution in [3.63, 3.8) is 0 Å². The number of thiocarbonyl (C=S) groups is 1. The van der Waals surface area contributed by atoms with E-state index in [4.69, 9.17) is 4.74 Å². The molecule has 0 aliphatic rings. The Bertz CT molecular complexity index is 193. The predicted octanol–water partition coefficient (Wildman–Crippen LogP) is -3.37. The molecule has 0 fully saturated rings. The molecule has 0 aliphatic heterocycles. The molecule has 7 heteroatoms. The Morgan fingerprint density at radius 1 is 1.40 bits per heavy atom. The fourth-order valence-electron chi connectivity index (χ4n) is 0.752. The third-order valence-corrected chi connectivity index (χ3v) is 1.60. The summed E-state index contributed by atoms with van der Waals surface area (Å²) in [7, 11) is 0. The summed E-state index contributed by atoms with van der Waals surface area (Å²) >= 11 is 4.68. The number of carbonyl (C=O) groups excluding carboxylic acids is 1. The number of nitrogens with one attached hydrogen (secondary N) is 2. The molecule has 0 aromatic heterocycles. The van der Waals surface area contributed by atoms with E-state index in [2.05, 4.69) is 35.5 Å². The van der Waals surface area contributed by atoms with Gasteiger partial charge in [-0.15, -0.1) is 0 Å². The number of quaternary nitrogens is 1. The maximum atomic E-state index is 11.0. The number of unbranched alkanes of at least 4 members (excludes halogenated alkanes) is 1. The average Bonchev–Trinajstić information content (AvgIpc) is 2.13. The molecule has 0 aromatic carbocycles. The minimum atomic E-state index is -0.379. The molecule has 0 aliphatic carbocycles. The van der Waals surface area contributed by atoms with Crippen molar-refractivity contribution in [1.82, 2.24) is 10.6 Å². The third-order valence-electron chi connectivity index (χ3n) is 1.46. The highest BCUT2D eigenvalue weighted by molar-refractivity contribution is 7.79. The molecule has 5 nitrogen and oxygen atoms in total. The Hall–Kier alpha value is -0.590. The lowest BCUT2D eigenvalue weighted by Gasteiger charge is -2.06. The quantitative estimate of drug-likeness (QED) is 0.342.